The molecule has 5 N–H and O–H groups in total. The van der Waals surface area contributed by atoms with Crippen molar-refractivity contribution in [2.24, 2.45) is 0 Å². The summed E-state index contributed by atoms with van der Waals surface area (Å²) in [6.45, 7) is 13.8. The summed E-state index contributed by atoms with van der Waals surface area (Å²) in [6, 6.07) is 0. The van der Waals surface area contributed by atoms with E-state index in [0.717, 1.165) is 5.57 Å². The molecule has 0 aliphatic rings. The number of nitrogens with one attached hydrogen (secondary N) is 4. The number of aliphatic hydroxyl groups is 1. The van der Waals surface area contributed by atoms with Crippen molar-refractivity contribution in [1.82, 2.24) is 19.9 Å². The predicted molar refractivity (Wildman–Crippen MR) is 107 cm³/mol. The summed E-state index contributed by atoms with van der Waals surface area (Å²) < 4.78 is 0. The van der Waals surface area contributed by atoms with Crippen LogP contribution in [0, 0.1) is 0 Å². The smallest absolute Gasteiger partial charge is 0.225 e. The van der Waals surface area contributed by atoms with Crippen LogP contribution in [0.4, 0.5) is 23.5 Å². The van der Waals surface area contributed by atoms with E-state index in [4.69, 9.17) is 0 Å². The molecule has 0 saturated heterocycles. The fourth-order valence-electron chi connectivity index (χ4n) is 2.22. The lowest BCUT2D eigenvalue weighted by molar-refractivity contribution is 0.208. The molecule has 0 aliphatic heterocycles. The molecule has 0 aromatic carbocycles. The van der Waals surface area contributed by atoms with E-state index in [0.29, 0.717) is 60.7 Å². The van der Waals surface area contributed by atoms with Crippen LogP contribution >= 0.6 is 0 Å². The second kappa shape index (κ2) is 9.14. The second-order valence-corrected chi connectivity index (χ2v) is 6.09. The molecule has 2 aromatic rings. The predicted octanol–water partition coefficient (Wildman–Crippen LogP) is 2.06. The van der Waals surface area contributed by atoms with Crippen LogP contribution in [0.2, 0.25) is 0 Å². The Kier molecular flexibility index (Phi) is 6.90. The normalized spacial score (nSPS) is 11.9. The Labute approximate surface area is 153 Å². The lowest BCUT2D eigenvalue weighted by Gasteiger charge is -2.15. The standard InChI is InChI=1S/C17H28N8O/c1-6-18-14-13-12(22-16(24-14)20-8-10(3)4)15(19-7-2)25-17(23-13)21-9-11(5)26/h11,26H,3,6-9H2,1-2,4-5H3,(H2,18,20,22,24)(H2,19,21,23,25). The van der Waals surface area contributed by atoms with E-state index in [1.54, 1.807) is 6.92 Å². The Balaban J connectivity index is 2.53. The number of fused-ring (bicyclic) bond motifs is 1. The van der Waals surface area contributed by atoms with Crippen molar-refractivity contribution in [3.05, 3.63) is 12.2 Å². The first-order chi connectivity index (χ1) is 12.4. The Hall–Kier alpha value is -2.68. The van der Waals surface area contributed by atoms with Crippen molar-refractivity contribution in [3.8, 4) is 0 Å². The Morgan fingerprint density at radius 2 is 1.42 bits per heavy atom. The zero-order chi connectivity index (χ0) is 19.1. The molecule has 26 heavy (non-hydrogen) atoms. The summed E-state index contributed by atoms with van der Waals surface area (Å²) in [7, 11) is 0. The van der Waals surface area contributed by atoms with Crippen LogP contribution in [0.5, 0.6) is 0 Å². The number of hydrogen-bond donors (Lipinski definition) is 5. The maximum atomic E-state index is 9.49. The highest BCUT2D eigenvalue weighted by atomic mass is 16.3. The van der Waals surface area contributed by atoms with Gasteiger partial charge in [-0.15, -0.1) is 0 Å². The first-order valence-corrected chi connectivity index (χ1v) is 8.82. The van der Waals surface area contributed by atoms with E-state index in [1.807, 2.05) is 20.8 Å². The van der Waals surface area contributed by atoms with E-state index >= 15 is 0 Å². The molecular weight excluding hydrogens is 332 g/mol. The lowest BCUT2D eigenvalue weighted by Crippen LogP contribution is -2.18. The minimum atomic E-state index is -0.505. The minimum Gasteiger partial charge on any atom is -0.392 e. The fourth-order valence-corrected chi connectivity index (χ4v) is 2.22. The number of anilines is 4. The molecule has 0 radical (unpaired) electrons. The van der Waals surface area contributed by atoms with E-state index in [9.17, 15) is 5.11 Å². The Morgan fingerprint density at radius 3 is 1.85 bits per heavy atom. The third-order valence-electron chi connectivity index (χ3n) is 3.34. The molecule has 0 fully saturated rings. The van der Waals surface area contributed by atoms with Gasteiger partial charge in [0, 0.05) is 26.2 Å². The van der Waals surface area contributed by atoms with Crippen LogP contribution in [0.25, 0.3) is 11.0 Å². The molecule has 0 spiro atoms. The van der Waals surface area contributed by atoms with Gasteiger partial charge in [-0.2, -0.15) is 9.97 Å². The first kappa shape index (κ1) is 19.6. The summed E-state index contributed by atoms with van der Waals surface area (Å²) in [5.41, 5.74) is 2.23. The quantitative estimate of drug-likeness (QED) is 0.405. The molecule has 2 heterocycles. The van der Waals surface area contributed by atoms with Crippen LogP contribution < -0.4 is 21.3 Å². The summed E-state index contributed by atoms with van der Waals surface area (Å²) in [5.74, 6) is 2.15. The van der Waals surface area contributed by atoms with Gasteiger partial charge in [0.05, 0.1) is 6.10 Å². The number of hydrogen-bond acceptors (Lipinski definition) is 9. The molecule has 142 valence electrons. The molecule has 0 saturated carbocycles. The van der Waals surface area contributed by atoms with Gasteiger partial charge in [-0.25, -0.2) is 9.97 Å². The average molecular weight is 360 g/mol. The highest BCUT2D eigenvalue weighted by Gasteiger charge is 2.15. The zero-order valence-corrected chi connectivity index (χ0v) is 15.8. The van der Waals surface area contributed by atoms with Crippen molar-refractivity contribution >= 4 is 34.6 Å². The van der Waals surface area contributed by atoms with Gasteiger partial charge in [-0.3, -0.25) is 0 Å². The minimum absolute atomic E-state index is 0.354. The summed E-state index contributed by atoms with van der Waals surface area (Å²) >= 11 is 0. The topological polar surface area (TPSA) is 120 Å². The Bertz CT molecular complexity index is 762. The van der Waals surface area contributed by atoms with Crippen LogP contribution in [0.3, 0.4) is 0 Å². The molecule has 0 bridgehead atoms. The summed E-state index contributed by atoms with van der Waals surface area (Å²) in [6.07, 6.45) is -0.505. The molecule has 1 unspecified atom stereocenters. The van der Waals surface area contributed by atoms with Gasteiger partial charge >= 0.3 is 0 Å². The van der Waals surface area contributed by atoms with Gasteiger partial charge in [0.1, 0.15) is 11.0 Å². The van der Waals surface area contributed by atoms with Crippen LogP contribution in [-0.2, 0) is 0 Å². The van der Waals surface area contributed by atoms with Crippen molar-refractivity contribution < 1.29 is 5.11 Å². The van der Waals surface area contributed by atoms with E-state index in [-0.39, 0.29) is 0 Å². The SMILES string of the molecule is C=C(C)CNc1nc(NCC)c2nc(NCC(C)O)nc(NCC)c2n1. The van der Waals surface area contributed by atoms with Crippen LogP contribution in [0.15, 0.2) is 12.2 Å². The highest BCUT2D eigenvalue weighted by molar-refractivity contribution is 5.94. The van der Waals surface area contributed by atoms with Gasteiger partial charge in [-0.05, 0) is 27.7 Å². The van der Waals surface area contributed by atoms with Gasteiger partial charge in [0.15, 0.2) is 11.6 Å². The van der Waals surface area contributed by atoms with Crippen molar-refractivity contribution in [2.75, 3.05) is 47.4 Å². The molecule has 2 rings (SSSR count). The maximum absolute atomic E-state index is 9.49. The number of nitrogens with zero attached hydrogens (tertiary/aromatic N) is 4. The number of rotatable bonds is 10. The lowest BCUT2D eigenvalue weighted by atomic mass is 10.3. The molecule has 0 amide bonds. The summed E-state index contributed by atoms with van der Waals surface area (Å²) in [5, 5.41) is 22.1. The van der Waals surface area contributed by atoms with E-state index < -0.39 is 6.10 Å². The molecule has 0 aliphatic carbocycles. The molecular formula is C17H28N8O. The van der Waals surface area contributed by atoms with Gasteiger partial charge in [0.2, 0.25) is 11.9 Å². The molecule has 2 aromatic heterocycles. The zero-order valence-electron chi connectivity index (χ0n) is 15.8. The molecule has 1 atom stereocenters. The molecule has 9 heteroatoms. The van der Waals surface area contributed by atoms with Gasteiger partial charge < -0.3 is 26.4 Å². The second-order valence-electron chi connectivity index (χ2n) is 6.09. The van der Waals surface area contributed by atoms with Gasteiger partial charge in [-0.1, -0.05) is 12.2 Å². The number of aromatic nitrogens is 4. The largest absolute Gasteiger partial charge is 0.392 e. The van der Waals surface area contributed by atoms with Gasteiger partial charge in [0.25, 0.3) is 0 Å². The average Bonchev–Trinajstić information content (AvgIpc) is 2.59. The van der Waals surface area contributed by atoms with E-state index in [2.05, 4.69) is 47.8 Å². The third kappa shape index (κ3) is 5.16. The first-order valence-electron chi connectivity index (χ1n) is 8.82. The summed E-state index contributed by atoms with van der Waals surface area (Å²) in [4.78, 5) is 18.1. The highest BCUT2D eigenvalue weighted by Crippen LogP contribution is 2.26. The fraction of sp³-hybridized carbons (Fsp3) is 0.529. The number of aliphatic hydroxyl groups excluding tert-OH is 1. The van der Waals surface area contributed by atoms with Crippen LogP contribution in [0.1, 0.15) is 27.7 Å². The maximum Gasteiger partial charge on any atom is 0.225 e. The van der Waals surface area contributed by atoms with Crippen LogP contribution in [-0.4, -0.2) is 57.3 Å². The van der Waals surface area contributed by atoms with Crippen molar-refractivity contribution in [1.29, 1.82) is 0 Å². The molecule has 9 nitrogen and oxygen atoms in total. The Morgan fingerprint density at radius 1 is 0.923 bits per heavy atom. The monoisotopic (exact) mass is 360 g/mol. The van der Waals surface area contributed by atoms with Crippen molar-refractivity contribution in [3.63, 3.8) is 0 Å². The van der Waals surface area contributed by atoms with Crippen molar-refractivity contribution in [2.45, 2.75) is 33.8 Å². The third-order valence-corrected chi connectivity index (χ3v) is 3.34. The van der Waals surface area contributed by atoms with E-state index in [1.165, 1.54) is 0 Å².